The Balaban J connectivity index is 2.57. The van der Waals surface area contributed by atoms with E-state index >= 15 is 0 Å². The summed E-state index contributed by atoms with van der Waals surface area (Å²) in [7, 11) is 2.96. The number of nitrogen functional groups attached to an aromatic ring is 1. The number of hydrogen-bond donors (Lipinski definition) is 2. The van der Waals surface area contributed by atoms with E-state index in [1.54, 1.807) is 12.1 Å². The van der Waals surface area contributed by atoms with Crippen molar-refractivity contribution in [3.05, 3.63) is 44.6 Å². The molecule has 2 aromatic rings. The van der Waals surface area contributed by atoms with Crippen molar-refractivity contribution in [3.8, 4) is 11.5 Å². The zero-order chi connectivity index (χ0) is 23.0. The number of benzene rings is 1. The molecular formula is C21H30N4O6. The van der Waals surface area contributed by atoms with E-state index in [-0.39, 0.29) is 30.2 Å². The molecule has 0 fully saturated rings. The fraction of sp³-hybridized carbons (Fsp3) is 0.476. The Morgan fingerprint density at radius 3 is 2.55 bits per heavy atom. The average molecular weight is 434 g/mol. The van der Waals surface area contributed by atoms with Gasteiger partial charge in [-0.2, -0.15) is 0 Å². The zero-order valence-corrected chi connectivity index (χ0v) is 18.4. The number of carbonyl (C=O) groups is 1. The molecule has 0 saturated carbocycles. The van der Waals surface area contributed by atoms with Gasteiger partial charge in [-0.15, -0.1) is 0 Å². The maximum Gasteiger partial charge on any atom is 0.330 e. The van der Waals surface area contributed by atoms with Crippen LogP contribution in [0.15, 0.2) is 27.8 Å². The van der Waals surface area contributed by atoms with Gasteiger partial charge in [0, 0.05) is 25.8 Å². The van der Waals surface area contributed by atoms with Gasteiger partial charge in [-0.1, -0.05) is 13.3 Å². The molecule has 0 spiro atoms. The highest BCUT2D eigenvalue weighted by Gasteiger charge is 2.26. The van der Waals surface area contributed by atoms with Crippen molar-refractivity contribution in [2.75, 3.05) is 44.6 Å². The number of amides is 1. The Kier molecular flexibility index (Phi) is 8.68. The molecule has 0 atom stereocenters. The number of aromatic amines is 1. The van der Waals surface area contributed by atoms with Crippen LogP contribution in [0.1, 0.15) is 37.0 Å². The molecule has 10 heteroatoms. The summed E-state index contributed by atoms with van der Waals surface area (Å²) in [5, 5.41) is 0. The zero-order valence-electron chi connectivity index (χ0n) is 18.4. The Morgan fingerprint density at radius 1 is 1.19 bits per heavy atom. The first kappa shape index (κ1) is 24.0. The number of nitrogens with one attached hydrogen (secondary N) is 1. The SMILES string of the molecule is CCCCn1c(N)c(N(CCOC)C(=O)c2ccc(OCC)c(OC)c2)c(=O)[nH]c1=O. The molecule has 0 saturated heterocycles. The first-order chi connectivity index (χ1) is 14.9. The monoisotopic (exact) mass is 434 g/mol. The van der Waals surface area contributed by atoms with Crippen LogP contribution in [0.5, 0.6) is 11.5 Å². The number of unbranched alkanes of at least 4 members (excludes halogenated alkanes) is 1. The molecule has 2 rings (SSSR count). The third-order valence-electron chi connectivity index (χ3n) is 4.69. The maximum absolute atomic E-state index is 13.4. The number of nitrogens with zero attached hydrogens (tertiary/aromatic N) is 2. The molecule has 1 amide bonds. The highest BCUT2D eigenvalue weighted by atomic mass is 16.5. The number of carbonyl (C=O) groups excluding carboxylic acids is 1. The van der Waals surface area contributed by atoms with Crippen LogP contribution in [-0.4, -0.2) is 49.4 Å². The maximum atomic E-state index is 13.4. The molecular weight excluding hydrogens is 404 g/mol. The second-order valence-corrected chi connectivity index (χ2v) is 6.75. The lowest BCUT2D eigenvalue weighted by molar-refractivity contribution is 0.0975. The van der Waals surface area contributed by atoms with E-state index < -0.39 is 17.2 Å². The summed E-state index contributed by atoms with van der Waals surface area (Å²) in [6.07, 6.45) is 1.52. The molecule has 0 aliphatic heterocycles. The molecule has 0 aliphatic carbocycles. The van der Waals surface area contributed by atoms with Crippen LogP contribution >= 0.6 is 0 Å². The van der Waals surface area contributed by atoms with E-state index in [0.717, 1.165) is 6.42 Å². The minimum Gasteiger partial charge on any atom is -0.493 e. The van der Waals surface area contributed by atoms with Crippen LogP contribution in [0, 0.1) is 0 Å². The number of ether oxygens (including phenoxy) is 3. The van der Waals surface area contributed by atoms with Crippen molar-refractivity contribution in [1.29, 1.82) is 0 Å². The van der Waals surface area contributed by atoms with Crippen molar-refractivity contribution < 1.29 is 19.0 Å². The summed E-state index contributed by atoms with van der Waals surface area (Å²) in [5.41, 5.74) is 5.02. The Hall–Kier alpha value is -3.27. The van der Waals surface area contributed by atoms with Crippen LogP contribution in [0.2, 0.25) is 0 Å². The van der Waals surface area contributed by atoms with Crippen LogP contribution < -0.4 is 31.4 Å². The number of anilines is 2. The van der Waals surface area contributed by atoms with Gasteiger partial charge in [-0.05, 0) is 31.5 Å². The molecule has 0 aliphatic rings. The largest absolute Gasteiger partial charge is 0.493 e. The van der Waals surface area contributed by atoms with Gasteiger partial charge in [0.15, 0.2) is 17.2 Å². The van der Waals surface area contributed by atoms with Gasteiger partial charge < -0.3 is 19.9 Å². The van der Waals surface area contributed by atoms with Crippen molar-refractivity contribution >= 4 is 17.4 Å². The summed E-state index contributed by atoms with van der Waals surface area (Å²) >= 11 is 0. The predicted octanol–water partition coefficient (Wildman–Crippen LogP) is 1.62. The van der Waals surface area contributed by atoms with Crippen molar-refractivity contribution in [2.45, 2.75) is 33.2 Å². The van der Waals surface area contributed by atoms with Crippen LogP contribution in [0.3, 0.4) is 0 Å². The molecule has 170 valence electrons. The molecule has 0 unspecified atom stereocenters. The fourth-order valence-electron chi connectivity index (χ4n) is 3.11. The lowest BCUT2D eigenvalue weighted by Gasteiger charge is -2.24. The van der Waals surface area contributed by atoms with Crippen molar-refractivity contribution in [1.82, 2.24) is 9.55 Å². The van der Waals surface area contributed by atoms with Crippen molar-refractivity contribution in [2.24, 2.45) is 0 Å². The molecule has 1 heterocycles. The van der Waals surface area contributed by atoms with E-state index in [2.05, 4.69) is 4.98 Å². The normalized spacial score (nSPS) is 10.7. The van der Waals surface area contributed by atoms with E-state index in [1.807, 2.05) is 13.8 Å². The average Bonchev–Trinajstić information content (AvgIpc) is 2.75. The second kappa shape index (κ2) is 11.2. The first-order valence-electron chi connectivity index (χ1n) is 10.1. The lowest BCUT2D eigenvalue weighted by atomic mass is 10.1. The third-order valence-corrected chi connectivity index (χ3v) is 4.69. The summed E-state index contributed by atoms with van der Waals surface area (Å²) in [5.74, 6) is 0.325. The van der Waals surface area contributed by atoms with E-state index in [4.69, 9.17) is 19.9 Å². The van der Waals surface area contributed by atoms with Gasteiger partial charge in [0.1, 0.15) is 5.82 Å². The highest BCUT2D eigenvalue weighted by Crippen LogP contribution is 2.29. The quantitative estimate of drug-likeness (QED) is 0.550. The van der Waals surface area contributed by atoms with E-state index in [0.29, 0.717) is 31.1 Å². The smallest absolute Gasteiger partial charge is 0.330 e. The third kappa shape index (κ3) is 5.46. The van der Waals surface area contributed by atoms with Gasteiger partial charge in [-0.3, -0.25) is 24.0 Å². The Labute approximate surface area is 180 Å². The minimum atomic E-state index is -0.738. The topological polar surface area (TPSA) is 129 Å². The molecule has 0 bridgehead atoms. The number of rotatable bonds is 11. The van der Waals surface area contributed by atoms with Gasteiger partial charge in [0.25, 0.3) is 11.5 Å². The van der Waals surface area contributed by atoms with Crippen molar-refractivity contribution in [3.63, 3.8) is 0 Å². The fourth-order valence-corrected chi connectivity index (χ4v) is 3.11. The van der Waals surface area contributed by atoms with Crippen LogP contribution in [0.4, 0.5) is 11.5 Å². The molecule has 10 nitrogen and oxygen atoms in total. The molecule has 1 aromatic carbocycles. The molecule has 1 aromatic heterocycles. The number of nitrogens with two attached hydrogens (primary N) is 1. The van der Waals surface area contributed by atoms with E-state index in [1.165, 1.54) is 29.8 Å². The Morgan fingerprint density at radius 2 is 1.94 bits per heavy atom. The van der Waals surface area contributed by atoms with Crippen LogP contribution in [0.25, 0.3) is 0 Å². The molecule has 0 radical (unpaired) electrons. The van der Waals surface area contributed by atoms with Crippen LogP contribution in [-0.2, 0) is 11.3 Å². The van der Waals surface area contributed by atoms with Gasteiger partial charge >= 0.3 is 5.69 Å². The summed E-state index contributed by atoms with van der Waals surface area (Å²) in [6.45, 7) is 4.80. The minimum absolute atomic E-state index is 0.0596. The standard InChI is InChI=1S/C21H30N4O6/c1-5-7-10-25-18(22)17(19(26)23-21(25)28)24(11-12-29-3)20(27)14-8-9-15(31-6-2)16(13-14)30-4/h8-9,13H,5-7,10-12,22H2,1-4H3,(H,23,26,28). The number of aromatic nitrogens is 2. The Bertz CT molecular complexity index is 1010. The summed E-state index contributed by atoms with van der Waals surface area (Å²) in [4.78, 5) is 41.8. The van der Waals surface area contributed by atoms with Gasteiger partial charge in [-0.25, -0.2) is 4.79 Å². The van der Waals surface area contributed by atoms with E-state index in [9.17, 15) is 14.4 Å². The number of methoxy groups -OCH3 is 2. The first-order valence-corrected chi connectivity index (χ1v) is 10.1. The highest BCUT2D eigenvalue weighted by molar-refractivity contribution is 6.07. The summed E-state index contributed by atoms with van der Waals surface area (Å²) < 4.78 is 17.2. The van der Waals surface area contributed by atoms with Gasteiger partial charge in [0.2, 0.25) is 0 Å². The number of hydrogen-bond acceptors (Lipinski definition) is 7. The van der Waals surface area contributed by atoms with Gasteiger partial charge in [0.05, 0.1) is 20.3 Å². The summed E-state index contributed by atoms with van der Waals surface area (Å²) in [6, 6.07) is 4.73. The predicted molar refractivity (Wildman–Crippen MR) is 118 cm³/mol. The molecule has 3 N–H and O–H groups in total. The number of H-pyrrole nitrogens is 1. The molecule has 31 heavy (non-hydrogen) atoms. The lowest BCUT2D eigenvalue weighted by Crippen LogP contribution is -2.42. The second-order valence-electron chi connectivity index (χ2n) is 6.75.